The Kier molecular flexibility index (Phi) is 3.74. The van der Waals surface area contributed by atoms with E-state index in [1.54, 1.807) is 0 Å². The van der Waals surface area contributed by atoms with Crippen molar-refractivity contribution in [2.45, 2.75) is 13.8 Å². The summed E-state index contributed by atoms with van der Waals surface area (Å²) in [4.78, 5) is 3.23. The molecule has 1 heterocycles. The molecule has 0 fully saturated rings. The molecule has 1 N–H and O–H groups in total. The highest BCUT2D eigenvalue weighted by atomic mass is 35.5. The van der Waals surface area contributed by atoms with Crippen LogP contribution < -0.4 is 4.74 Å². The summed E-state index contributed by atoms with van der Waals surface area (Å²) in [6.07, 6.45) is 0. The molecule has 0 spiro atoms. The van der Waals surface area contributed by atoms with Gasteiger partial charge < -0.3 is 9.72 Å². The number of halogens is 1. The monoisotopic (exact) mass is 318 g/mol. The molecule has 0 aliphatic rings. The molecule has 5 heteroatoms. The largest absolute Gasteiger partial charge is 0.492 e. The molecule has 0 atom stereocenters. The van der Waals surface area contributed by atoms with Gasteiger partial charge in [-0.15, -0.1) is 0 Å². The molecule has 3 aromatic rings. The molecule has 0 saturated heterocycles. The van der Waals surface area contributed by atoms with Crippen LogP contribution in [0.1, 0.15) is 12.5 Å². The van der Waals surface area contributed by atoms with Crippen LogP contribution in [0, 0.1) is 11.7 Å². The lowest BCUT2D eigenvalue weighted by Crippen LogP contribution is -1.98. The van der Waals surface area contributed by atoms with Crippen molar-refractivity contribution in [1.29, 1.82) is 0 Å². The van der Waals surface area contributed by atoms with Crippen molar-refractivity contribution in [1.82, 2.24) is 9.55 Å². The molecule has 1 aromatic heterocycles. The summed E-state index contributed by atoms with van der Waals surface area (Å²) in [5.41, 5.74) is 3.83. The zero-order valence-corrected chi connectivity index (χ0v) is 13.4. The van der Waals surface area contributed by atoms with Crippen molar-refractivity contribution < 1.29 is 4.74 Å². The SMILES string of the molecule is CCOc1cccc2c1[nH]c(=S)n2-c1c(C)cccc1Cl. The quantitative estimate of drug-likeness (QED) is 0.685. The first-order valence-electron chi connectivity index (χ1n) is 6.75. The first-order valence-corrected chi connectivity index (χ1v) is 7.54. The van der Waals surface area contributed by atoms with Gasteiger partial charge in [-0.05, 0) is 49.8 Å². The standard InChI is InChI=1S/C16H15ClN2OS/c1-3-20-13-9-5-8-12-14(13)18-16(21)19(12)15-10(2)6-4-7-11(15)17/h4-9H,3H2,1-2H3,(H,18,21). The Morgan fingerprint density at radius 3 is 2.71 bits per heavy atom. The van der Waals surface area contributed by atoms with E-state index >= 15 is 0 Å². The Morgan fingerprint density at radius 2 is 2.00 bits per heavy atom. The van der Waals surface area contributed by atoms with Crippen molar-refractivity contribution in [3.05, 3.63) is 51.8 Å². The first-order chi connectivity index (χ1) is 10.1. The molecule has 108 valence electrons. The maximum atomic E-state index is 6.38. The second-order valence-corrected chi connectivity index (χ2v) is 5.55. The second-order valence-electron chi connectivity index (χ2n) is 4.75. The summed E-state index contributed by atoms with van der Waals surface area (Å²) in [7, 11) is 0. The fourth-order valence-electron chi connectivity index (χ4n) is 2.51. The number of nitrogens with zero attached hydrogens (tertiary/aromatic N) is 1. The molecule has 0 radical (unpaired) electrons. The van der Waals surface area contributed by atoms with Crippen molar-refractivity contribution in [3.8, 4) is 11.4 Å². The van der Waals surface area contributed by atoms with E-state index in [9.17, 15) is 0 Å². The van der Waals surface area contributed by atoms with Gasteiger partial charge in [-0.2, -0.15) is 0 Å². The van der Waals surface area contributed by atoms with Crippen LogP contribution in [0.25, 0.3) is 16.7 Å². The molecule has 0 amide bonds. The highest BCUT2D eigenvalue weighted by molar-refractivity contribution is 7.71. The molecular formula is C16H15ClN2OS. The van der Waals surface area contributed by atoms with Crippen LogP contribution in [0.3, 0.4) is 0 Å². The van der Waals surface area contributed by atoms with Crippen molar-refractivity contribution >= 4 is 34.9 Å². The number of H-pyrrole nitrogens is 1. The number of imidazole rings is 1. The Hall–Kier alpha value is -1.78. The smallest absolute Gasteiger partial charge is 0.182 e. The zero-order valence-electron chi connectivity index (χ0n) is 11.8. The van der Waals surface area contributed by atoms with Crippen molar-refractivity contribution in [3.63, 3.8) is 0 Å². The third-order valence-corrected chi connectivity index (χ3v) is 3.98. The van der Waals surface area contributed by atoms with Crippen LogP contribution >= 0.6 is 23.8 Å². The summed E-state index contributed by atoms with van der Waals surface area (Å²) >= 11 is 11.9. The van der Waals surface area contributed by atoms with E-state index in [1.165, 1.54) is 0 Å². The van der Waals surface area contributed by atoms with E-state index in [2.05, 4.69) is 4.98 Å². The molecule has 2 aromatic carbocycles. The molecule has 0 aliphatic heterocycles. The number of para-hydroxylation sites is 2. The van der Waals surface area contributed by atoms with Gasteiger partial charge in [0, 0.05) is 0 Å². The third-order valence-electron chi connectivity index (χ3n) is 3.39. The molecule has 0 saturated carbocycles. The summed E-state index contributed by atoms with van der Waals surface area (Å²) in [6.45, 7) is 4.59. The lowest BCUT2D eigenvalue weighted by molar-refractivity contribution is 0.343. The number of hydrogen-bond acceptors (Lipinski definition) is 2. The number of fused-ring (bicyclic) bond motifs is 1. The predicted octanol–water partition coefficient (Wildman–Crippen LogP) is 5.05. The van der Waals surface area contributed by atoms with E-state index in [0.29, 0.717) is 16.4 Å². The van der Waals surface area contributed by atoms with Gasteiger partial charge in [-0.1, -0.05) is 29.8 Å². The van der Waals surface area contributed by atoms with Gasteiger partial charge in [-0.25, -0.2) is 0 Å². The number of nitrogens with one attached hydrogen (secondary N) is 1. The highest BCUT2D eigenvalue weighted by Gasteiger charge is 2.14. The lowest BCUT2D eigenvalue weighted by atomic mass is 10.2. The first kappa shape index (κ1) is 14.2. The number of rotatable bonds is 3. The highest BCUT2D eigenvalue weighted by Crippen LogP contribution is 2.31. The van der Waals surface area contributed by atoms with E-state index in [4.69, 9.17) is 28.6 Å². The van der Waals surface area contributed by atoms with Crippen molar-refractivity contribution in [2.24, 2.45) is 0 Å². The predicted molar refractivity (Wildman–Crippen MR) is 89.4 cm³/mol. The molecule has 3 nitrogen and oxygen atoms in total. The van der Waals surface area contributed by atoms with Crippen LogP contribution in [0.4, 0.5) is 0 Å². The van der Waals surface area contributed by atoms with Crippen LogP contribution in [-0.2, 0) is 0 Å². The number of aromatic nitrogens is 2. The Morgan fingerprint density at radius 1 is 1.24 bits per heavy atom. The Balaban J connectivity index is 2.37. The van der Waals surface area contributed by atoms with Gasteiger partial charge in [0.2, 0.25) is 0 Å². The minimum absolute atomic E-state index is 0.605. The minimum Gasteiger partial charge on any atom is -0.492 e. The molecular weight excluding hydrogens is 304 g/mol. The van der Waals surface area contributed by atoms with E-state index in [0.717, 1.165) is 28.0 Å². The van der Waals surface area contributed by atoms with E-state index < -0.39 is 0 Å². The van der Waals surface area contributed by atoms with Gasteiger partial charge in [0.25, 0.3) is 0 Å². The average molecular weight is 319 g/mol. The number of hydrogen-bond donors (Lipinski definition) is 1. The Labute approximate surface area is 133 Å². The molecule has 0 bridgehead atoms. The average Bonchev–Trinajstić information content (AvgIpc) is 2.77. The topological polar surface area (TPSA) is 29.9 Å². The summed E-state index contributed by atoms with van der Waals surface area (Å²) in [6, 6.07) is 11.7. The van der Waals surface area contributed by atoms with Gasteiger partial charge in [0.1, 0.15) is 11.3 Å². The molecule has 3 rings (SSSR count). The number of aromatic amines is 1. The van der Waals surface area contributed by atoms with E-state index in [1.807, 2.05) is 54.8 Å². The van der Waals surface area contributed by atoms with Crippen molar-refractivity contribution in [2.75, 3.05) is 6.61 Å². The van der Waals surface area contributed by atoms with Crippen LogP contribution in [0.5, 0.6) is 5.75 Å². The zero-order chi connectivity index (χ0) is 15.0. The summed E-state index contributed by atoms with van der Waals surface area (Å²) in [5.74, 6) is 0.796. The maximum Gasteiger partial charge on any atom is 0.182 e. The molecule has 0 aliphatic carbocycles. The summed E-state index contributed by atoms with van der Waals surface area (Å²) in [5, 5.41) is 0.675. The fraction of sp³-hybridized carbons (Fsp3) is 0.188. The fourth-order valence-corrected chi connectivity index (χ4v) is 3.11. The third kappa shape index (κ3) is 2.34. The van der Waals surface area contributed by atoms with Crippen LogP contribution in [0.2, 0.25) is 5.02 Å². The van der Waals surface area contributed by atoms with Crippen LogP contribution in [0.15, 0.2) is 36.4 Å². The number of benzene rings is 2. The maximum absolute atomic E-state index is 6.38. The second kappa shape index (κ2) is 5.54. The Bertz CT molecular complexity index is 846. The lowest BCUT2D eigenvalue weighted by Gasteiger charge is -2.11. The van der Waals surface area contributed by atoms with Gasteiger partial charge in [-0.3, -0.25) is 4.57 Å². The molecule has 0 unspecified atom stereocenters. The normalized spacial score (nSPS) is 11.0. The van der Waals surface area contributed by atoms with Gasteiger partial charge in [0.05, 0.1) is 22.8 Å². The van der Waals surface area contributed by atoms with Gasteiger partial charge >= 0.3 is 0 Å². The number of aryl methyl sites for hydroxylation is 1. The summed E-state index contributed by atoms with van der Waals surface area (Å²) < 4.78 is 8.23. The van der Waals surface area contributed by atoms with Crippen LogP contribution in [-0.4, -0.2) is 16.2 Å². The molecule has 21 heavy (non-hydrogen) atoms. The van der Waals surface area contributed by atoms with E-state index in [-0.39, 0.29) is 0 Å². The minimum atomic E-state index is 0.605. The number of ether oxygens (including phenoxy) is 1. The van der Waals surface area contributed by atoms with Gasteiger partial charge in [0.15, 0.2) is 4.77 Å².